The van der Waals surface area contributed by atoms with Crippen molar-refractivity contribution >= 4 is 38.7 Å². The summed E-state index contributed by atoms with van der Waals surface area (Å²) in [6, 6.07) is 15.5. The van der Waals surface area contributed by atoms with E-state index in [1.54, 1.807) is 36.4 Å². The lowest BCUT2D eigenvalue weighted by molar-refractivity contribution is -0.121. The SMILES string of the molecule is Cc1ccc(S(=O)(=O)CCC(=O)NC(c2ccc(Cl)cc2)c2ccsc2)cc1. The molecule has 4 nitrogen and oxygen atoms in total. The van der Waals surface area contributed by atoms with Gasteiger partial charge >= 0.3 is 0 Å². The third-order valence-corrected chi connectivity index (χ3v) is 7.05. The monoisotopic (exact) mass is 433 g/mol. The molecule has 0 radical (unpaired) electrons. The highest BCUT2D eigenvalue weighted by molar-refractivity contribution is 7.91. The quantitative estimate of drug-likeness (QED) is 0.583. The lowest BCUT2D eigenvalue weighted by Gasteiger charge is -2.19. The molecule has 0 aliphatic rings. The maximum Gasteiger partial charge on any atom is 0.221 e. The molecule has 1 N–H and O–H groups in total. The van der Waals surface area contributed by atoms with Crippen LogP contribution in [0.5, 0.6) is 0 Å². The number of sulfone groups is 1. The van der Waals surface area contributed by atoms with E-state index in [4.69, 9.17) is 11.6 Å². The fraction of sp³-hybridized carbons (Fsp3) is 0.190. The minimum Gasteiger partial charge on any atom is -0.345 e. The Morgan fingerprint density at radius 1 is 1.04 bits per heavy atom. The van der Waals surface area contributed by atoms with Gasteiger partial charge in [-0.2, -0.15) is 11.3 Å². The highest BCUT2D eigenvalue weighted by atomic mass is 35.5. The highest BCUT2D eigenvalue weighted by Crippen LogP contribution is 2.25. The van der Waals surface area contributed by atoms with Crippen LogP contribution in [0.15, 0.2) is 70.3 Å². The van der Waals surface area contributed by atoms with Crippen molar-refractivity contribution in [2.24, 2.45) is 0 Å². The smallest absolute Gasteiger partial charge is 0.221 e. The predicted octanol–water partition coefficient (Wildman–Crippen LogP) is 4.78. The van der Waals surface area contributed by atoms with Gasteiger partial charge in [0, 0.05) is 11.4 Å². The number of benzene rings is 2. The Kier molecular flexibility index (Phi) is 6.54. The lowest BCUT2D eigenvalue weighted by Crippen LogP contribution is -2.30. The average Bonchev–Trinajstić information content (AvgIpc) is 3.20. The topological polar surface area (TPSA) is 63.2 Å². The fourth-order valence-corrected chi connectivity index (χ4v) is 4.83. The van der Waals surface area contributed by atoms with Crippen molar-refractivity contribution in [1.29, 1.82) is 0 Å². The summed E-state index contributed by atoms with van der Waals surface area (Å²) in [4.78, 5) is 12.8. The number of nitrogens with one attached hydrogen (secondary N) is 1. The number of halogens is 1. The number of thiophene rings is 1. The van der Waals surface area contributed by atoms with Crippen molar-refractivity contribution in [3.8, 4) is 0 Å². The average molecular weight is 434 g/mol. The third kappa shape index (κ3) is 5.22. The molecule has 0 aliphatic heterocycles. The summed E-state index contributed by atoms with van der Waals surface area (Å²) < 4.78 is 25.0. The van der Waals surface area contributed by atoms with Gasteiger partial charge in [0.15, 0.2) is 9.84 Å². The Morgan fingerprint density at radius 2 is 1.71 bits per heavy atom. The van der Waals surface area contributed by atoms with E-state index in [0.717, 1.165) is 16.7 Å². The Hall–Kier alpha value is -2.15. The first kappa shape index (κ1) is 20.6. The van der Waals surface area contributed by atoms with E-state index in [1.807, 2.05) is 35.9 Å². The second-order valence-electron chi connectivity index (χ2n) is 6.49. The first-order chi connectivity index (χ1) is 13.3. The molecule has 28 heavy (non-hydrogen) atoms. The van der Waals surface area contributed by atoms with E-state index in [-0.39, 0.29) is 29.0 Å². The number of carbonyl (C=O) groups excluding carboxylic acids is 1. The second-order valence-corrected chi connectivity index (χ2v) is 9.82. The zero-order valence-corrected chi connectivity index (χ0v) is 17.7. The third-order valence-electron chi connectivity index (χ3n) is 4.36. The van der Waals surface area contributed by atoms with Crippen molar-refractivity contribution in [3.05, 3.63) is 87.1 Å². The molecule has 1 heterocycles. The van der Waals surface area contributed by atoms with Crippen molar-refractivity contribution in [2.45, 2.75) is 24.3 Å². The molecule has 0 spiro atoms. The van der Waals surface area contributed by atoms with Crippen LogP contribution in [0.3, 0.4) is 0 Å². The van der Waals surface area contributed by atoms with Crippen LogP contribution in [0.25, 0.3) is 0 Å². The first-order valence-corrected chi connectivity index (χ1v) is 11.7. The summed E-state index contributed by atoms with van der Waals surface area (Å²) in [6.45, 7) is 1.89. The zero-order chi connectivity index (χ0) is 20.1. The Morgan fingerprint density at radius 3 is 2.32 bits per heavy atom. The maximum absolute atomic E-state index is 12.5. The van der Waals surface area contributed by atoms with Gasteiger partial charge in [0.05, 0.1) is 16.7 Å². The summed E-state index contributed by atoms with van der Waals surface area (Å²) in [7, 11) is -3.51. The minimum absolute atomic E-state index is 0.107. The van der Waals surface area contributed by atoms with E-state index in [1.165, 1.54) is 11.3 Å². The summed E-state index contributed by atoms with van der Waals surface area (Å²) in [6.07, 6.45) is -0.107. The van der Waals surface area contributed by atoms with E-state index in [0.29, 0.717) is 5.02 Å². The van der Waals surface area contributed by atoms with Gasteiger partial charge in [-0.25, -0.2) is 8.42 Å². The Labute approximate surface area is 174 Å². The molecule has 7 heteroatoms. The molecule has 0 aliphatic carbocycles. The second kappa shape index (κ2) is 8.90. The molecule has 1 atom stereocenters. The number of hydrogen-bond acceptors (Lipinski definition) is 4. The van der Waals surface area contributed by atoms with Crippen LogP contribution in [0, 0.1) is 6.92 Å². The van der Waals surface area contributed by atoms with E-state index in [9.17, 15) is 13.2 Å². The van der Waals surface area contributed by atoms with Gasteiger partial charge in [-0.15, -0.1) is 0 Å². The van der Waals surface area contributed by atoms with Gasteiger partial charge in [-0.05, 0) is 59.1 Å². The summed E-state index contributed by atoms with van der Waals surface area (Å²) in [5.74, 6) is -0.555. The van der Waals surface area contributed by atoms with Crippen LogP contribution in [0.1, 0.15) is 29.2 Å². The van der Waals surface area contributed by atoms with Gasteiger partial charge in [0.1, 0.15) is 0 Å². The normalized spacial score (nSPS) is 12.5. The predicted molar refractivity (Wildman–Crippen MR) is 114 cm³/mol. The van der Waals surface area contributed by atoms with Crippen LogP contribution in [0.2, 0.25) is 5.02 Å². The lowest BCUT2D eigenvalue weighted by atomic mass is 10.0. The zero-order valence-electron chi connectivity index (χ0n) is 15.3. The Balaban J connectivity index is 1.70. The molecule has 3 rings (SSSR count). The molecule has 1 amide bonds. The molecule has 0 fully saturated rings. The number of carbonyl (C=O) groups is 1. The molecule has 1 unspecified atom stereocenters. The number of hydrogen-bond donors (Lipinski definition) is 1. The summed E-state index contributed by atoms with van der Waals surface area (Å²) >= 11 is 7.50. The maximum atomic E-state index is 12.5. The fourth-order valence-electron chi connectivity index (χ4n) is 2.78. The standard InChI is InChI=1S/C21H20ClNO3S2/c1-15-2-8-19(9-3-15)28(25,26)13-11-20(24)23-21(17-10-12-27-14-17)16-4-6-18(22)7-5-16/h2-10,12,14,21H,11,13H2,1H3,(H,23,24). The molecule has 146 valence electrons. The molecular formula is C21H20ClNO3S2. The van der Waals surface area contributed by atoms with Gasteiger partial charge in [0.2, 0.25) is 5.91 Å². The molecule has 0 bridgehead atoms. The van der Waals surface area contributed by atoms with E-state index >= 15 is 0 Å². The molecule has 2 aromatic carbocycles. The van der Waals surface area contributed by atoms with Crippen LogP contribution in [-0.2, 0) is 14.6 Å². The van der Waals surface area contributed by atoms with Gasteiger partial charge < -0.3 is 5.32 Å². The molecule has 3 aromatic rings. The van der Waals surface area contributed by atoms with Crippen LogP contribution in [0.4, 0.5) is 0 Å². The molecule has 0 saturated carbocycles. The van der Waals surface area contributed by atoms with Crippen LogP contribution < -0.4 is 5.32 Å². The van der Waals surface area contributed by atoms with Crippen molar-refractivity contribution in [3.63, 3.8) is 0 Å². The van der Waals surface area contributed by atoms with Crippen LogP contribution >= 0.6 is 22.9 Å². The van der Waals surface area contributed by atoms with E-state index in [2.05, 4.69) is 5.32 Å². The number of rotatable bonds is 7. The highest BCUT2D eigenvalue weighted by Gasteiger charge is 2.20. The molecule has 1 aromatic heterocycles. The number of amides is 1. The van der Waals surface area contributed by atoms with E-state index < -0.39 is 9.84 Å². The van der Waals surface area contributed by atoms with Gasteiger partial charge in [0.25, 0.3) is 0 Å². The van der Waals surface area contributed by atoms with Crippen molar-refractivity contribution in [1.82, 2.24) is 5.32 Å². The summed E-state index contributed by atoms with van der Waals surface area (Å²) in [5, 5.41) is 7.46. The molecular weight excluding hydrogens is 414 g/mol. The first-order valence-electron chi connectivity index (χ1n) is 8.71. The van der Waals surface area contributed by atoms with Crippen molar-refractivity contribution < 1.29 is 13.2 Å². The molecule has 0 saturated heterocycles. The van der Waals surface area contributed by atoms with Crippen LogP contribution in [-0.4, -0.2) is 20.1 Å². The van der Waals surface area contributed by atoms with Gasteiger partial charge in [-0.1, -0.05) is 41.4 Å². The largest absolute Gasteiger partial charge is 0.345 e. The van der Waals surface area contributed by atoms with Gasteiger partial charge in [-0.3, -0.25) is 4.79 Å². The minimum atomic E-state index is -3.51. The van der Waals surface area contributed by atoms with Crippen molar-refractivity contribution in [2.75, 3.05) is 5.75 Å². The number of aryl methyl sites for hydroxylation is 1. The summed E-state index contributed by atoms with van der Waals surface area (Å²) in [5.41, 5.74) is 2.82. The Bertz CT molecular complexity index is 1030.